The number of benzene rings is 1. The van der Waals surface area contributed by atoms with Crippen LogP contribution in [0.25, 0.3) is 0 Å². The minimum absolute atomic E-state index is 0.0402. The Morgan fingerprint density at radius 1 is 1.15 bits per heavy atom. The summed E-state index contributed by atoms with van der Waals surface area (Å²) >= 11 is 0. The summed E-state index contributed by atoms with van der Waals surface area (Å²) in [5, 5.41) is 4.72. The van der Waals surface area contributed by atoms with Gasteiger partial charge in [-0.15, -0.1) is 0 Å². The zero-order chi connectivity index (χ0) is 18.5. The van der Waals surface area contributed by atoms with Crippen molar-refractivity contribution in [1.29, 1.82) is 0 Å². The van der Waals surface area contributed by atoms with Crippen molar-refractivity contribution in [2.24, 2.45) is 0 Å². The van der Waals surface area contributed by atoms with Gasteiger partial charge in [0.15, 0.2) is 0 Å². The lowest BCUT2D eigenvalue weighted by Crippen LogP contribution is -2.29. The molecule has 1 aliphatic rings. The average Bonchev–Trinajstić information content (AvgIpc) is 2.59. The van der Waals surface area contributed by atoms with E-state index in [2.05, 4.69) is 15.6 Å². The number of aryl methyl sites for hydroxylation is 1. The molecule has 2 N–H and O–H groups in total. The first-order valence-electron chi connectivity index (χ1n) is 8.04. The summed E-state index contributed by atoms with van der Waals surface area (Å²) in [6.07, 6.45) is 5.66. The van der Waals surface area contributed by atoms with E-state index in [1.807, 2.05) is 6.92 Å². The molecule has 0 aliphatic heterocycles. The van der Waals surface area contributed by atoms with E-state index in [1.165, 1.54) is 18.2 Å². The molecule has 0 saturated carbocycles. The first-order valence-corrected chi connectivity index (χ1v) is 8.04. The Morgan fingerprint density at radius 3 is 2.69 bits per heavy atom. The number of halogens is 2. The fraction of sp³-hybridized carbons (Fsp3) is 0.158. The third kappa shape index (κ3) is 4.44. The van der Waals surface area contributed by atoms with Crippen LogP contribution in [0.15, 0.2) is 60.2 Å². The van der Waals surface area contributed by atoms with Crippen LogP contribution in [-0.4, -0.2) is 11.0 Å². The van der Waals surface area contributed by atoms with Gasteiger partial charge in [0, 0.05) is 30.4 Å². The van der Waals surface area contributed by atoms with Crippen LogP contribution in [0, 0.1) is 12.7 Å². The Balaban J connectivity index is 1.66. The highest BCUT2D eigenvalue weighted by Crippen LogP contribution is 2.26. The molecule has 2 aromatic rings. The maximum atomic E-state index is 14.2. The number of nitrogens with one attached hydrogen (secondary N) is 2. The van der Waals surface area contributed by atoms with E-state index in [4.69, 9.17) is 4.74 Å². The van der Waals surface area contributed by atoms with E-state index in [-0.39, 0.29) is 23.6 Å². The third-order valence-corrected chi connectivity index (χ3v) is 3.65. The van der Waals surface area contributed by atoms with E-state index in [1.54, 1.807) is 24.4 Å². The molecule has 134 valence electrons. The number of urea groups is 1. The van der Waals surface area contributed by atoms with Crippen LogP contribution in [0.4, 0.5) is 19.3 Å². The average molecular weight is 357 g/mol. The topological polar surface area (TPSA) is 63.2 Å². The van der Waals surface area contributed by atoms with Crippen LogP contribution in [0.5, 0.6) is 11.5 Å². The maximum Gasteiger partial charge on any atom is 0.323 e. The van der Waals surface area contributed by atoms with Crippen molar-refractivity contribution in [3.63, 3.8) is 0 Å². The SMILES string of the molecule is Cc1cc(Oc2ccc(NC(=O)NC3=C(F)CCC=C3)c(F)c2)ccn1. The summed E-state index contributed by atoms with van der Waals surface area (Å²) in [7, 11) is 0. The van der Waals surface area contributed by atoms with Gasteiger partial charge in [0.25, 0.3) is 0 Å². The largest absolute Gasteiger partial charge is 0.457 e. The molecule has 0 spiro atoms. The van der Waals surface area contributed by atoms with Gasteiger partial charge in [0.1, 0.15) is 23.1 Å². The van der Waals surface area contributed by atoms with Gasteiger partial charge < -0.3 is 15.4 Å². The quantitative estimate of drug-likeness (QED) is 0.812. The summed E-state index contributed by atoms with van der Waals surface area (Å²) in [6, 6.07) is 6.71. The monoisotopic (exact) mass is 357 g/mol. The van der Waals surface area contributed by atoms with Crippen LogP contribution in [0.2, 0.25) is 0 Å². The molecule has 0 atom stereocenters. The maximum absolute atomic E-state index is 14.2. The lowest BCUT2D eigenvalue weighted by Gasteiger charge is -2.13. The summed E-state index contributed by atoms with van der Waals surface area (Å²) in [5.41, 5.74) is 0.819. The third-order valence-electron chi connectivity index (χ3n) is 3.65. The molecule has 5 nitrogen and oxygen atoms in total. The normalized spacial score (nSPS) is 13.5. The van der Waals surface area contributed by atoms with Gasteiger partial charge in [0.05, 0.1) is 11.4 Å². The predicted molar refractivity (Wildman–Crippen MR) is 94.1 cm³/mol. The highest BCUT2D eigenvalue weighted by atomic mass is 19.1. The molecule has 26 heavy (non-hydrogen) atoms. The summed E-state index contributed by atoms with van der Waals surface area (Å²) < 4.78 is 33.4. The second-order valence-electron chi connectivity index (χ2n) is 5.72. The van der Waals surface area contributed by atoms with Gasteiger partial charge in [-0.2, -0.15) is 0 Å². The number of rotatable bonds is 4. The molecule has 0 radical (unpaired) electrons. The number of amides is 2. The van der Waals surface area contributed by atoms with Crippen molar-refractivity contribution >= 4 is 11.7 Å². The fourth-order valence-corrected chi connectivity index (χ4v) is 2.40. The molecular weight excluding hydrogens is 340 g/mol. The first kappa shape index (κ1) is 17.6. The zero-order valence-electron chi connectivity index (χ0n) is 14.1. The van der Waals surface area contributed by atoms with Gasteiger partial charge in [-0.1, -0.05) is 6.08 Å². The van der Waals surface area contributed by atoms with Gasteiger partial charge in [-0.3, -0.25) is 4.98 Å². The number of nitrogens with zero attached hydrogens (tertiary/aromatic N) is 1. The Morgan fingerprint density at radius 2 is 1.96 bits per heavy atom. The molecule has 7 heteroatoms. The molecule has 3 rings (SSSR count). The number of ether oxygens (including phenoxy) is 1. The molecule has 0 unspecified atom stereocenters. The molecule has 2 amide bonds. The lowest BCUT2D eigenvalue weighted by atomic mass is 10.1. The van der Waals surface area contributed by atoms with Crippen molar-refractivity contribution in [3.05, 3.63) is 71.7 Å². The highest BCUT2D eigenvalue weighted by Gasteiger charge is 2.13. The molecule has 0 saturated heterocycles. The molecule has 1 aromatic carbocycles. The van der Waals surface area contributed by atoms with Crippen LogP contribution >= 0.6 is 0 Å². The standard InChI is InChI=1S/C19H17F2N3O2/c1-12-10-14(8-9-22-12)26-13-6-7-18(16(21)11-13)24-19(25)23-17-5-3-2-4-15(17)20/h3,5-11H,2,4H2,1H3,(H2,23,24,25). The van der Waals surface area contributed by atoms with Crippen molar-refractivity contribution in [1.82, 2.24) is 10.3 Å². The Hall–Kier alpha value is -3.22. The molecule has 1 heterocycles. The summed E-state index contributed by atoms with van der Waals surface area (Å²) in [5.74, 6) is -0.263. The van der Waals surface area contributed by atoms with E-state index in [9.17, 15) is 13.6 Å². The minimum Gasteiger partial charge on any atom is -0.457 e. The van der Waals surface area contributed by atoms with Crippen molar-refractivity contribution in [2.75, 3.05) is 5.32 Å². The number of hydrogen-bond donors (Lipinski definition) is 2. The minimum atomic E-state index is -0.723. The van der Waals surface area contributed by atoms with Gasteiger partial charge in [0.2, 0.25) is 0 Å². The Labute approximate surface area is 149 Å². The van der Waals surface area contributed by atoms with E-state index in [0.717, 1.165) is 11.8 Å². The Bertz CT molecular complexity index is 894. The number of anilines is 1. The predicted octanol–water partition coefficient (Wildman–Crippen LogP) is 4.97. The van der Waals surface area contributed by atoms with Gasteiger partial charge in [-0.05, 0) is 37.6 Å². The fourth-order valence-electron chi connectivity index (χ4n) is 2.40. The highest BCUT2D eigenvalue weighted by molar-refractivity contribution is 5.91. The zero-order valence-corrected chi connectivity index (χ0v) is 14.1. The summed E-state index contributed by atoms with van der Waals surface area (Å²) in [4.78, 5) is 16.0. The first-order chi connectivity index (χ1) is 12.5. The van der Waals surface area contributed by atoms with Crippen LogP contribution < -0.4 is 15.4 Å². The van der Waals surface area contributed by atoms with Crippen LogP contribution in [0.3, 0.4) is 0 Å². The number of carbonyl (C=O) groups excluding carboxylic acids is 1. The molecular formula is C19H17F2N3O2. The number of aromatic nitrogens is 1. The van der Waals surface area contributed by atoms with Crippen molar-refractivity contribution in [3.8, 4) is 11.5 Å². The molecule has 1 aliphatic carbocycles. The van der Waals surface area contributed by atoms with Crippen molar-refractivity contribution < 1.29 is 18.3 Å². The van der Waals surface area contributed by atoms with E-state index >= 15 is 0 Å². The van der Waals surface area contributed by atoms with Gasteiger partial charge >= 0.3 is 6.03 Å². The van der Waals surface area contributed by atoms with E-state index in [0.29, 0.717) is 12.2 Å². The molecule has 0 fully saturated rings. The molecule has 1 aromatic heterocycles. The van der Waals surface area contributed by atoms with Crippen LogP contribution in [-0.2, 0) is 0 Å². The number of carbonyl (C=O) groups is 1. The number of allylic oxidation sites excluding steroid dienone is 3. The second kappa shape index (κ2) is 7.77. The van der Waals surface area contributed by atoms with Crippen LogP contribution in [0.1, 0.15) is 18.5 Å². The molecule has 0 bridgehead atoms. The smallest absolute Gasteiger partial charge is 0.323 e. The summed E-state index contributed by atoms with van der Waals surface area (Å²) in [6.45, 7) is 1.82. The van der Waals surface area contributed by atoms with Gasteiger partial charge in [-0.25, -0.2) is 13.6 Å². The Kier molecular flexibility index (Phi) is 5.26. The second-order valence-corrected chi connectivity index (χ2v) is 5.72. The number of pyridine rings is 1. The van der Waals surface area contributed by atoms with Crippen molar-refractivity contribution in [2.45, 2.75) is 19.8 Å². The lowest BCUT2D eigenvalue weighted by molar-refractivity contribution is 0.254. The van der Waals surface area contributed by atoms with E-state index < -0.39 is 17.7 Å². The number of hydrogen-bond acceptors (Lipinski definition) is 3.